The zero-order valence-electron chi connectivity index (χ0n) is 21.4. The van der Waals surface area contributed by atoms with Crippen LogP contribution in [0.5, 0.6) is 11.5 Å². The first-order valence-electron chi connectivity index (χ1n) is 13.1. The van der Waals surface area contributed by atoms with Crippen LogP contribution in [0.3, 0.4) is 0 Å². The maximum atomic E-state index is 15.5. The average molecular weight is 495 g/mol. The first-order valence-corrected chi connectivity index (χ1v) is 13.1. The van der Waals surface area contributed by atoms with E-state index in [1.165, 1.54) is 0 Å². The lowest BCUT2D eigenvalue weighted by Crippen LogP contribution is -2.45. The standard InChI is InChI=1S/C29H35FN2O4/c1-28(2,3)26-12-19-11-22(21(30)14-23(19)32(26)15-18-5-4-10-34-16-18)31-27(33)29(8-9-29)20-6-7-24-25(13-20)36-17-35-24/h6-7,11,13-14,18,26H,4-5,8-10,12,15-17H2,1-3H3,(H,31,33). The second kappa shape index (κ2) is 8.65. The number of carbonyl (C=O) groups is 1. The summed E-state index contributed by atoms with van der Waals surface area (Å²) < 4.78 is 32.1. The van der Waals surface area contributed by atoms with Crippen LogP contribution in [0.25, 0.3) is 0 Å². The maximum Gasteiger partial charge on any atom is 0.235 e. The van der Waals surface area contributed by atoms with Gasteiger partial charge in [0.15, 0.2) is 11.5 Å². The summed E-state index contributed by atoms with van der Waals surface area (Å²) in [6, 6.07) is 9.39. The summed E-state index contributed by atoms with van der Waals surface area (Å²) >= 11 is 0. The number of rotatable bonds is 5. The van der Waals surface area contributed by atoms with Crippen LogP contribution in [-0.2, 0) is 21.4 Å². The Hall–Kier alpha value is -2.80. The smallest absolute Gasteiger partial charge is 0.235 e. The van der Waals surface area contributed by atoms with Gasteiger partial charge in [-0.2, -0.15) is 0 Å². The van der Waals surface area contributed by atoms with Gasteiger partial charge in [0.2, 0.25) is 12.7 Å². The Labute approximate surface area is 212 Å². The number of benzene rings is 2. The summed E-state index contributed by atoms with van der Waals surface area (Å²) in [6.07, 6.45) is 4.52. The molecule has 1 aliphatic carbocycles. The molecule has 1 amide bonds. The second-order valence-corrected chi connectivity index (χ2v) is 11.9. The van der Waals surface area contributed by atoms with Gasteiger partial charge < -0.3 is 24.4 Å². The Morgan fingerprint density at radius 1 is 1.17 bits per heavy atom. The minimum absolute atomic E-state index is 0.0336. The average Bonchev–Trinajstić information content (AvgIpc) is 3.41. The van der Waals surface area contributed by atoms with Crippen molar-refractivity contribution in [3.8, 4) is 11.5 Å². The molecule has 1 N–H and O–H groups in total. The van der Waals surface area contributed by atoms with Gasteiger partial charge in [-0.3, -0.25) is 4.79 Å². The van der Waals surface area contributed by atoms with Gasteiger partial charge in [0.1, 0.15) is 5.82 Å². The molecule has 0 radical (unpaired) electrons. The molecule has 0 bridgehead atoms. The van der Waals surface area contributed by atoms with Gasteiger partial charge in [-0.1, -0.05) is 26.8 Å². The fourth-order valence-electron chi connectivity index (χ4n) is 6.06. The molecule has 2 atom stereocenters. The minimum Gasteiger partial charge on any atom is -0.454 e. The lowest BCUT2D eigenvalue weighted by molar-refractivity contribution is -0.118. The third kappa shape index (κ3) is 4.11. The number of hydrogen-bond acceptors (Lipinski definition) is 5. The van der Waals surface area contributed by atoms with Crippen LogP contribution in [0.15, 0.2) is 30.3 Å². The highest BCUT2D eigenvalue weighted by Crippen LogP contribution is 2.51. The van der Waals surface area contributed by atoms with Crippen molar-refractivity contribution in [2.45, 2.75) is 64.3 Å². The fourth-order valence-corrected chi connectivity index (χ4v) is 6.06. The maximum absolute atomic E-state index is 15.5. The molecule has 6 rings (SSSR count). The summed E-state index contributed by atoms with van der Waals surface area (Å²) in [7, 11) is 0. The molecule has 1 saturated heterocycles. The van der Waals surface area contributed by atoms with Crippen molar-refractivity contribution in [2.75, 3.05) is 36.8 Å². The Kier molecular flexibility index (Phi) is 5.67. The number of fused-ring (bicyclic) bond motifs is 2. The van der Waals surface area contributed by atoms with E-state index in [1.54, 1.807) is 6.07 Å². The number of anilines is 2. The molecule has 1 saturated carbocycles. The van der Waals surface area contributed by atoms with Crippen molar-refractivity contribution in [1.82, 2.24) is 0 Å². The van der Waals surface area contributed by atoms with Crippen LogP contribution in [0.1, 0.15) is 57.6 Å². The van der Waals surface area contributed by atoms with E-state index in [9.17, 15) is 4.79 Å². The van der Waals surface area contributed by atoms with E-state index in [0.29, 0.717) is 17.4 Å². The first-order chi connectivity index (χ1) is 17.2. The van der Waals surface area contributed by atoms with E-state index < -0.39 is 5.41 Å². The molecule has 2 unspecified atom stereocenters. The van der Waals surface area contributed by atoms with Gasteiger partial charge >= 0.3 is 0 Å². The zero-order chi connectivity index (χ0) is 25.1. The number of amides is 1. The SMILES string of the molecule is CC(C)(C)C1Cc2cc(NC(=O)C3(c4ccc5c(c4)OCO5)CC3)c(F)cc2N1CC1CCCOC1. The van der Waals surface area contributed by atoms with Crippen LogP contribution in [0.4, 0.5) is 15.8 Å². The first kappa shape index (κ1) is 23.6. The molecule has 7 heteroatoms. The molecule has 3 aliphatic heterocycles. The molecule has 192 valence electrons. The molecular formula is C29H35FN2O4. The third-order valence-electron chi connectivity index (χ3n) is 8.33. The van der Waals surface area contributed by atoms with E-state index in [1.807, 2.05) is 24.3 Å². The zero-order valence-corrected chi connectivity index (χ0v) is 21.4. The van der Waals surface area contributed by atoms with Gasteiger partial charge in [0.05, 0.1) is 17.7 Å². The third-order valence-corrected chi connectivity index (χ3v) is 8.33. The molecular weight excluding hydrogens is 459 g/mol. The van der Waals surface area contributed by atoms with Crippen LogP contribution in [0.2, 0.25) is 0 Å². The minimum atomic E-state index is -0.645. The summed E-state index contributed by atoms with van der Waals surface area (Å²) in [6.45, 7) is 9.40. The predicted molar refractivity (Wildman–Crippen MR) is 136 cm³/mol. The van der Waals surface area contributed by atoms with Gasteiger partial charge in [0.25, 0.3) is 0 Å². The predicted octanol–water partition coefficient (Wildman–Crippen LogP) is 5.43. The van der Waals surface area contributed by atoms with E-state index in [2.05, 4.69) is 31.0 Å². The van der Waals surface area contributed by atoms with E-state index in [0.717, 1.165) is 68.7 Å². The Bertz CT molecular complexity index is 1180. The van der Waals surface area contributed by atoms with E-state index >= 15 is 4.39 Å². The molecule has 2 aromatic carbocycles. The number of carbonyl (C=O) groups excluding carboxylic acids is 1. The van der Waals surface area contributed by atoms with Crippen LogP contribution in [-0.4, -0.2) is 38.5 Å². The Balaban J connectivity index is 1.25. The monoisotopic (exact) mass is 494 g/mol. The van der Waals surface area contributed by atoms with Gasteiger partial charge in [-0.15, -0.1) is 0 Å². The number of nitrogens with zero attached hydrogens (tertiary/aromatic N) is 1. The number of ether oxygens (including phenoxy) is 3. The van der Waals surface area contributed by atoms with Crippen molar-refractivity contribution in [1.29, 1.82) is 0 Å². The van der Waals surface area contributed by atoms with Gasteiger partial charge in [-0.05, 0) is 78.8 Å². The molecule has 2 aromatic rings. The summed E-state index contributed by atoms with van der Waals surface area (Å²) in [4.78, 5) is 15.8. The molecule has 0 spiro atoms. The van der Waals surface area contributed by atoms with Crippen LogP contribution < -0.4 is 19.7 Å². The summed E-state index contributed by atoms with van der Waals surface area (Å²) in [5.41, 5.74) is 2.59. The molecule has 36 heavy (non-hydrogen) atoms. The molecule has 4 aliphatic rings. The van der Waals surface area contributed by atoms with Gasteiger partial charge in [0, 0.05) is 24.9 Å². The fraction of sp³-hybridized carbons (Fsp3) is 0.552. The van der Waals surface area contributed by atoms with Crippen LogP contribution >= 0.6 is 0 Å². The summed E-state index contributed by atoms with van der Waals surface area (Å²) in [5, 5.41) is 2.93. The van der Waals surface area contributed by atoms with Crippen LogP contribution in [0, 0.1) is 17.2 Å². The summed E-state index contributed by atoms with van der Waals surface area (Å²) in [5.74, 6) is 1.25. The van der Waals surface area contributed by atoms with Gasteiger partial charge in [-0.25, -0.2) is 4.39 Å². The highest BCUT2D eigenvalue weighted by Gasteiger charge is 2.52. The topological polar surface area (TPSA) is 60.0 Å². The van der Waals surface area contributed by atoms with E-state index in [-0.39, 0.29) is 35.7 Å². The van der Waals surface area contributed by atoms with Crippen molar-refractivity contribution in [3.05, 3.63) is 47.3 Å². The van der Waals surface area contributed by atoms with Crippen molar-refractivity contribution < 1.29 is 23.4 Å². The highest BCUT2D eigenvalue weighted by atomic mass is 19.1. The quantitative estimate of drug-likeness (QED) is 0.601. The Morgan fingerprint density at radius 3 is 2.69 bits per heavy atom. The number of halogens is 1. The molecule has 2 fully saturated rings. The lowest BCUT2D eigenvalue weighted by atomic mass is 9.84. The molecule has 3 heterocycles. The largest absolute Gasteiger partial charge is 0.454 e. The molecule has 0 aromatic heterocycles. The normalized spacial score (nSPS) is 23.9. The second-order valence-electron chi connectivity index (χ2n) is 11.9. The van der Waals surface area contributed by atoms with E-state index in [4.69, 9.17) is 14.2 Å². The molecule has 6 nitrogen and oxygen atoms in total. The Morgan fingerprint density at radius 2 is 1.97 bits per heavy atom. The number of nitrogens with one attached hydrogen (secondary N) is 1. The highest BCUT2D eigenvalue weighted by molar-refractivity contribution is 6.01. The van der Waals surface area contributed by atoms with Crippen molar-refractivity contribution in [3.63, 3.8) is 0 Å². The number of hydrogen-bond donors (Lipinski definition) is 1. The van der Waals surface area contributed by atoms with Crippen molar-refractivity contribution in [2.24, 2.45) is 11.3 Å². The van der Waals surface area contributed by atoms with Crippen molar-refractivity contribution >= 4 is 17.3 Å². The lowest BCUT2D eigenvalue weighted by Gasteiger charge is -2.39.